The number of piperidine rings is 1. The number of rotatable bonds is 4. The van der Waals surface area contributed by atoms with Crippen molar-refractivity contribution in [2.24, 2.45) is 5.92 Å². The Morgan fingerprint density at radius 3 is 2.32 bits per heavy atom. The van der Waals surface area contributed by atoms with Crippen molar-refractivity contribution in [3.8, 4) is 0 Å². The minimum atomic E-state index is -0.279. The van der Waals surface area contributed by atoms with Gasteiger partial charge in [-0.05, 0) is 18.9 Å². The molecule has 0 aromatic rings. The fourth-order valence-corrected chi connectivity index (χ4v) is 1.63. The van der Waals surface area contributed by atoms with E-state index in [-0.39, 0.29) is 17.7 Å². The van der Waals surface area contributed by atoms with Crippen LogP contribution in [0, 0.1) is 5.92 Å². The molecule has 19 heavy (non-hydrogen) atoms. The highest BCUT2D eigenvalue weighted by Crippen LogP contribution is 2.22. The third-order valence-corrected chi connectivity index (χ3v) is 2.74. The van der Waals surface area contributed by atoms with Gasteiger partial charge in [0.25, 0.3) is 0 Å². The average molecular weight is 261 g/mol. The summed E-state index contributed by atoms with van der Waals surface area (Å²) in [7, 11) is 0. The lowest BCUT2D eigenvalue weighted by atomic mass is 9.90. The van der Waals surface area contributed by atoms with Crippen LogP contribution in [-0.4, -0.2) is 11.8 Å². The zero-order valence-electron chi connectivity index (χ0n) is 12.0. The maximum absolute atomic E-state index is 11.7. The summed E-state index contributed by atoms with van der Waals surface area (Å²) in [5, 5.41) is 2.34. The molecule has 0 aliphatic carbocycles. The van der Waals surface area contributed by atoms with Gasteiger partial charge in [-0.1, -0.05) is 56.9 Å². The van der Waals surface area contributed by atoms with Gasteiger partial charge in [0.15, 0.2) is 0 Å². The average Bonchev–Trinajstić information content (AvgIpc) is 2.43. The molecule has 0 aromatic carbocycles. The second kappa shape index (κ2) is 9.09. The molecule has 0 bridgehead atoms. The Balaban J connectivity index is 0.00000154. The first kappa shape index (κ1) is 17.1. The summed E-state index contributed by atoms with van der Waals surface area (Å²) >= 11 is 0. The fourth-order valence-electron chi connectivity index (χ4n) is 1.63. The Morgan fingerprint density at radius 1 is 1.21 bits per heavy atom. The van der Waals surface area contributed by atoms with Crippen LogP contribution in [0.3, 0.4) is 0 Å². The van der Waals surface area contributed by atoms with Crippen LogP contribution >= 0.6 is 0 Å². The summed E-state index contributed by atoms with van der Waals surface area (Å²) < 4.78 is 0. The molecule has 1 N–H and O–H groups in total. The number of amides is 2. The van der Waals surface area contributed by atoms with E-state index in [9.17, 15) is 9.59 Å². The standard InChI is InChI=1S/C14H17NO2.C2H6/c1-4-10(3)6-7-11(5-2)12-8-9-13(16)15-14(12)17;1-2/h4-7,12H,1-2,8-9H2,3H3,(H,15,16,17);1-2H3/b10-6-,11-7+;. The van der Waals surface area contributed by atoms with Gasteiger partial charge in [0, 0.05) is 6.42 Å². The van der Waals surface area contributed by atoms with Crippen molar-refractivity contribution in [3.05, 3.63) is 48.6 Å². The van der Waals surface area contributed by atoms with Crippen LogP contribution in [0.2, 0.25) is 0 Å². The minimum absolute atomic E-state index is 0.201. The number of nitrogens with one attached hydrogen (secondary N) is 1. The van der Waals surface area contributed by atoms with Gasteiger partial charge < -0.3 is 0 Å². The monoisotopic (exact) mass is 261 g/mol. The van der Waals surface area contributed by atoms with E-state index >= 15 is 0 Å². The van der Waals surface area contributed by atoms with Crippen LogP contribution in [0.25, 0.3) is 0 Å². The van der Waals surface area contributed by atoms with E-state index in [1.807, 2.05) is 32.9 Å². The second-order valence-corrected chi connectivity index (χ2v) is 3.99. The van der Waals surface area contributed by atoms with Crippen molar-refractivity contribution in [3.63, 3.8) is 0 Å². The Kier molecular flexibility index (Phi) is 8.18. The molecule has 1 heterocycles. The van der Waals surface area contributed by atoms with Gasteiger partial charge in [-0.15, -0.1) is 0 Å². The number of allylic oxidation sites excluding steroid dienone is 5. The molecular formula is C16H23NO2. The molecule has 0 spiro atoms. The van der Waals surface area contributed by atoms with E-state index in [2.05, 4.69) is 18.5 Å². The lowest BCUT2D eigenvalue weighted by Crippen LogP contribution is -2.41. The molecule has 104 valence electrons. The van der Waals surface area contributed by atoms with Crippen LogP contribution < -0.4 is 5.32 Å². The van der Waals surface area contributed by atoms with E-state index in [0.717, 1.165) is 11.1 Å². The summed E-state index contributed by atoms with van der Waals surface area (Å²) in [4.78, 5) is 22.7. The van der Waals surface area contributed by atoms with E-state index in [1.54, 1.807) is 12.2 Å². The highest BCUT2D eigenvalue weighted by molar-refractivity contribution is 6.00. The normalized spacial score (nSPS) is 20.1. The molecule has 0 radical (unpaired) electrons. The Labute approximate surface area is 115 Å². The van der Waals surface area contributed by atoms with E-state index < -0.39 is 0 Å². The number of hydrogen-bond acceptors (Lipinski definition) is 2. The molecule has 3 heteroatoms. The number of carbonyl (C=O) groups is 2. The predicted octanol–water partition coefficient (Wildman–Crippen LogP) is 3.31. The molecule has 1 saturated heterocycles. The van der Waals surface area contributed by atoms with Crippen molar-refractivity contribution in [2.45, 2.75) is 33.6 Å². The maximum Gasteiger partial charge on any atom is 0.234 e. The van der Waals surface area contributed by atoms with Gasteiger partial charge in [0.1, 0.15) is 0 Å². The van der Waals surface area contributed by atoms with Gasteiger partial charge in [0.05, 0.1) is 5.92 Å². The summed E-state index contributed by atoms with van der Waals surface area (Å²) in [6.07, 6.45) is 8.06. The van der Waals surface area contributed by atoms with Crippen molar-refractivity contribution in [1.82, 2.24) is 5.32 Å². The van der Waals surface area contributed by atoms with Gasteiger partial charge >= 0.3 is 0 Å². The third kappa shape index (κ3) is 5.51. The molecule has 1 rings (SSSR count). The van der Waals surface area contributed by atoms with Crippen molar-refractivity contribution >= 4 is 11.8 Å². The summed E-state index contributed by atoms with van der Waals surface area (Å²) in [5.41, 5.74) is 1.84. The largest absolute Gasteiger partial charge is 0.296 e. The predicted molar refractivity (Wildman–Crippen MR) is 79.5 cm³/mol. The molecule has 0 saturated carbocycles. The molecule has 1 atom stereocenters. The Bertz CT molecular complexity index is 416. The van der Waals surface area contributed by atoms with E-state index in [4.69, 9.17) is 0 Å². The van der Waals surface area contributed by atoms with E-state index in [1.165, 1.54) is 0 Å². The lowest BCUT2D eigenvalue weighted by Gasteiger charge is -2.21. The Hall–Kier alpha value is -1.90. The van der Waals surface area contributed by atoms with Crippen LogP contribution in [0.4, 0.5) is 0 Å². The van der Waals surface area contributed by atoms with Crippen molar-refractivity contribution in [1.29, 1.82) is 0 Å². The van der Waals surface area contributed by atoms with Crippen LogP contribution in [-0.2, 0) is 9.59 Å². The second-order valence-electron chi connectivity index (χ2n) is 3.99. The summed E-state index contributed by atoms with van der Waals surface area (Å²) in [6.45, 7) is 13.3. The highest BCUT2D eigenvalue weighted by Gasteiger charge is 2.27. The Morgan fingerprint density at radius 2 is 1.84 bits per heavy atom. The molecule has 1 fully saturated rings. The van der Waals surface area contributed by atoms with Crippen LogP contribution in [0.15, 0.2) is 48.6 Å². The third-order valence-electron chi connectivity index (χ3n) is 2.74. The molecule has 2 amide bonds. The van der Waals surface area contributed by atoms with Gasteiger partial charge in [0.2, 0.25) is 11.8 Å². The van der Waals surface area contributed by atoms with Crippen LogP contribution in [0.1, 0.15) is 33.6 Å². The minimum Gasteiger partial charge on any atom is -0.296 e. The molecule has 1 aliphatic heterocycles. The van der Waals surface area contributed by atoms with Crippen LogP contribution in [0.5, 0.6) is 0 Å². The smallest absolute Gasteiger partial charge is 0.234 e. The zero-order chi connectivity index (χ0) is 14.8. The topological polar surface area (TPSA) is 46.2 Å². The molecule has 1 aliphatic rings. The first-order valence-corrected chi connectivity index (χ1v) is 6.55. The van der Waals surface area contributed by atoms with Gasteiger partial charge in [-0.2, -0.15) is 0 Å². The molecule has 3 nitrogen and oxygen atoms in total. The van der Waals surface area contributed by atoms with Crippen molar-refractivity contribution in [2.75, 3.05) is 0 Å². The van der Waals surface area contributed by atoms with Crippen molar-refractivity contribution < 1.29 is 9.59 Å². The summed E-state index contributed by atoms with van der Waals surface area (Å²) in [6, 6.07) is 0. The highest BCUT2D eigenvalue weighted by atomic mass is 16.2. The fraction of sp³-hybridized carbons (Fsp3) is 0.375. The SMILES string of the molecule is C=C/C(C)=C\C=C(/C=C)C1CCC(=O)NC1=O.CC. The quantitative estimate of drug-likeness (QED) is 0.623. The van der Waals surface area contributed by atoms with E-state index in [0.29, 0.717) is 12.8 Å². The zero-order valence-corrected chi connectivity index (χ0v) is 12.0. The maximum atomic E-state index is 11.7. The molecular weight excluding hydrogens is 238 g/mol. The number of carbonyl (C=O) groups excluding carboxylic acids is 2. The van der Waals surface area contributed by atoms with Gasteiger partial charge in [-0.25, -0.2) is 0 Å². The van der Waals surface area contributed by atoms with Gasteiger partial charge in [-0.3, -0.25) is 14.9 Å². The first-order valence-electron chi connectivity index (χ1n) is 6.55. The molecule has 0 aromatic heterocycles. The lowest BCUT2D eigenvalue weighted by molar-refractivity contribution is -0.135. The first-order chi connectivity index (χ1) is 9.08. The summed E-state index contributed by atoms with van der Waals surface area (Å²) in [5.74, 6) is -0.719. The molecule has 1 unspecified atom stereocenters. The number of imide groups is 1. The number of hydrogen-bond donors (Lipinski definition) is 1.